The second kappa shape index (κ2) is 10.3. The van der Waals surface area contributed by atoms with Crippen molar-refractivity contribution in [1.82, 2.24) is 10.3 Å². The molecule has 1 fully saturated rings. The first-order chi connectivity index (χ1) is 13.3. The van der Waals surface area contributed by atoms with E-state index in [1.54, 1.807) is 6.07 Å². The quantitative estimate of drug-likeness (QED) is 0.696. The van der Waals surface area contributed by atoms with Gasteiger partial charge in [0.2, 0.25) is 0 Å². The Morgan fingerprint density at radius 3 is 2.63 bits per heavy atom. The highest BCUT2D eigenvalue weighted by atomic mass is 16.5. The van der Waals surface area contributed by atoms with Crippen LogP contribution in [0.25, 0.3) is 0 Å². The van der Waals surface area contributed by atoms with Crippen molar-refractivity contribution < 1.29 is 9.84 Å². The number of nitrogens with one attached hydrogen (secondary N) is 1. The van der Waals surface area contributed by atoms with Gasteiger partial charge in [0.15, 0.2) is 11.5 Å². The minimum atomic E-state index is 0.233. The number of ether oxygens (including phenoxy) is 1. The maximum absolute atomic E-state index is 10.3. The van der Waals surface area contributed by atoms with Crippen molar-refractivity contribution in [3.05, 3.63) is 53.3 Å². The molecular weight excluding hydrogens is 336 g/mol. The predicted octanol–water partition coefficient (Wildman–Crippen LogP) is 5.30. The number of hydrogen-bond donors (Lipinski definition) is 2. The van der Waals surface area contributed by atoms with E-state index in [9.17, 15) is 5.11 Å². The van der Waals surface area contributed by atoms with Gasteiger partial charge < -0.3 is 15.2 Å². The van der Waals surface area contributed by atoms with Crippen LogP contribution in [-0.4, -0.2) is 16.7 Å². The Hall–Kier alpha value is -2.07. The number of aromatic hydroxyl groups is 1. The average Bonchev–Trinajstić information content (AvgIpc) is 2.65. The first-order valence-corrected chi connectivity index (χ1v) is 10.4. The summed E-state index contributed by atoms with van der Waals surface area (Å²) in [5.41, 5.74) is 3.36. The molecule has 0 spiro atoms. The van der Waals surface area contributed by atoms with Crippen LogP contribution in [0.1, 0.15) is 74.6 Å². The van der Waals surface area contributed by atoms with Crippen LogP contribution in [0, 0.1) is 0 Å². The predicted molar refractivity (Wildman–Crippen MR) is 109 cm³/mol. The lowest BCUT2D eigenvalue weighted by Crippen LogP contribution is -2.14. The molecule has 4 nitrogen and oxygen atoms in total. The minimum absolute atomic E-state index is 0.233. The molecule has 0 saturated heterocycles. The molecule has 0 radical (unpaired) electrons. The molecule has 1 aliphatic rings. The van der Waals surface area contributed by atoms with Crippen LogP contribution in [-0.2, 0) is 13.1 Å². The summed E-state index contributed by atoms with van der Waals surface area (Å²) in [6, 6.07) is 9.98. The van der Waals surface area contributed by atoms with Crippen molar-refractivity contribution in [2.45, 2.75) is 70.9 Å². The number of para-hydroxylation sites is 1. The molecule has 1 aromatic carbocycles. The smallest absolute Gasteiger partial charge is 0.162 e. The SMILES string of the molecule is CCOc1cccc(CNCc2ccnc(C3CCCCCCC3)c2)c1O. The van der Waals surface area contributed by atoms with Crippen molar-refractivity contribution in [3.8, 4) is 11.5 Å². The highest BCUT2D eigenvalue weighted by Crippen LogP contribution is 2.31. The van der Waals surface area contributed by atoms with Crippen LogP contribution < -0.4 is 10.1 Å². The molecule has 2 N–H and O–H groups in total. The molecule has 2 aromatic rings. The summed E-state index contributed by atoms with van der Waals surface area (Å²) in [4.78, 5) is 4.66. The highest BCUT2D eigenvalue weighted by Gasteiger charge is 2.15. The van der Waals surface area contributed by atoms with E-state index in [0.717, 1.165) is 12.1 Å². The number of hydrogen-bond acceptors (Lipinski definition) is 4. The Morgan fingerprint density at radius 1 is 1.07 bits per heavy atom. The van der Waals surface area contributed by atoms with Gasteiger partial charge in [-0.15, -0.1) is 0 Å². The van der Waals surface area contributed by atoms with E-state index in [1.807, 2.05) is 25.3 Å². The zero-order valence-electron chi connectivity index (χ0n) is 16.4. The average molecular weight is 369 g/mol. The first-order valence-electron chi connectivity index (χ1n) is 10.4. The second-order valence-corrected chi connectivity index (χ2v) is 7.43. The number of pyridine rings is 1. The van der Waals surface area contributed by atoms with Crippen molar-refractivity contribution in [1.29, 1.82) is 0 Å². The summed E-state index contributed by atoms with van der Waals surface area (Å²) in [6.07, 6.45) is 11.2. The van der Waals surface area contributed by atoms with Gasteiger partial charge in [-0.25, -0.2) is 0 Å². The van der Waals surface area contributed by atoms with E-state index in [-0.39, 0.29) is 5.75 Å². The molecule has 1 aliphatic carbocycles. The van der Waals surface area contributed by atoms with E-state index in [2.05, 4.69) is 22.4 Å². The molecule has 27 heavy (non-hydrogen) atoms. The Morgan fingerprint density at radius 2 is 1.85 bits per heavy atom. The summed E-state index contributed by atoms with van der Waals surface area (Å²) < 4.78 is 5.46. The zero-order valence-corrected chi connectivity index (χ0v) is 16.4. The lowest BCUT2D eigenvalue weighted by molar-refractivity contribution is 0.316. The van der Waals surface area contributed by atoms with Gasteiger partial charge in [-0.1, -0.05) is 44.2 Å². The van der Waals surface area contributed by atoms with Crippen molar-refractivity contribution in [2.75, 3.05) is 6.61 Å². The third-order valence-electron chi connectivity index (χ3n) is 5.40. The molecule has 146 valence electrons. The van der Waals surface area contributed by atoms with E-state index in [0.29, 0.717) is 24.8 Å². The second-order valence-electron chi connectivity index (χ2n) is 7.43. The summed E-state index contributed by atoms with van der Waals surface area (Å²) in [6.45, 7) is 3.83. The maximum Gasteiger partial charge on any atom is 0.162 e. The van der Waals surface area contributed by atoms with E-state index in [1.165, 1.54) is 56.2 Å². The molecular formula is C23H32N2O2. The molecule has 1 saturated carbocycles. The van der Waals surface area contributed by atoms with Gasteiger partial charge in [-0.2, -0.15) is 0 Å². The van der Waals surface area contributed by atoms with Gasteiger partial charge in [-0.3, -0.25) is 4.98 Å². The Balaban J connectivity index is 1.58. The van der Waals surface area contributed by atoms with Gasteiger partial charge in [0.25, 0.3) is 0 Å². The van der Waals surface area contributed by atoms with Gasteiger partial charge in [-0.05, 0) is 43.5 Å². The summed E-state index contributed by atoms with van der Waals surface area (Å²) in [5, 5.41) is 13.7. The molecule has 0 aliphatic heterocycles. The summed E-state index contributed by atoms with van der Waals surface area (Å²) in [7, 11) is 0. The van der Waals surface area contributed by atoms with Crippen LogP contribution in [0.2, 0.25) is 0 Å². The Bertz CT molecular complexity index is 709. The molecule has 0 unspecified atom stereocenters. The Kier molecular flexibility index (Phi) is 7.52. The van der Waals surface area contributed by atoms with Crippen LogP contribution in [0.3, 0.4) is 0 Å². The van der Waals surface area contributed by atoms with Gasteiger partial charge >= 0.3 is 0 Å². The normalized spacial score (nSPS) is 15.9. The number of nitrogens with zero attached hydrogens (tertiary/aromatic N) is 1. The third-order valence-corrected chi connectivity index (χ3v) is 5.40. The van der Waals surface area contributed by atoms with Crippen LogP contribution in [0.5, 0.6) is 11.5 Å². The molecule has 4 heteroatoms. The fourth-order valence-electron chi connectivity index (χ4n) is 3.90. The number of rotatable bonds is 7. The van der Waals surface area contributed by atoms with Gasteiger partial charge in [0.1, 0.15) is 0 Å². The summed E-state index contributed by atoms with van der Waals surface area (Å²) >= 11 is 0. The Labute approximate surface area is 163 Å². The van der Waals surface area contributed by atoms with Gasteiger partial charge in [0, 0.05) is 36.5 Å². The van der Waals surface area contributed by atoms with E-state index >= 15 is 0 Å². The van der Waals surface area contributed by atoms with Crippen LogP contribution in [0.4, 0.5) is 0 Å². The molecule has 3 rings (SSSR count). The number of phenolic OH excluding ortho intramolecular Hbond substituents is 1. The fraction of sp³-hybridized carbons (Fsp3) is 0.522. The topological polar surface area (TPSA) is 54.4 Å². The van der Waals surface area contributed by atoms with Gasteiger partial charge in [0.05, 0.1) is 6.61 Å². The third kappa shape index (κ3) is 5.70. The van der Waals surface area contributed by atoms with Crippen LogP contribution in [0.15, 0.2) is 36.5 Å². The largest absolute Gasteiger partial charge is 0.504 e. The lowest BCUT2D eigenvalue weighted by atomic mass is 9.88. The number of benzene rings is 1. The minimum Gasteiger partial charge on any atom is -0.504 e. The summed E-state index contributed by atoms with van der Waals surface area (Å²) in [5.74, 6) is 1.39. The van der Waals surface area contributed by atoms with Crippen molar-refractivity contribution in [2.24, 2.45) is 0 Å². The first kappa shape index (κ1) is 19.7. The maximum atomic E-state index is 10.3. The van der Waals surface area contributed by atoms with Crippen LogP contribution >= 0.6 is 0 Å². The van der Waals surface area contributed by atoms with Crippen molar-refractivity contribution in [3.63, 3.8) is 0 Å². The van der Waals surface area contributed by atoms with Crippen molar-refractivity contribution >= 4 is 0 Å². The van der Waals surface area contributed by atoms with E-state index < -0.39 is 0 Å². The lowest BCUT2D eigenvalue weighted by Gasteiger charge is -2.19. The monoisotopic (exact) mass is 368 g/mol. The zero-order chi connectivity index (χ0) is 18.9. The fourth-order valence-corrected chi connectivity index (χ4v) is 3.90. The molecule has 1 aromatic heterocycles. The van der Waals surface area contributed by atoms with E-state index in [4.69, 9.17) is 4.74 Å². The number of phenols is 1. The molecule has 0 amide bonds. The molecule has 0 atom stereocenters. The standard InChI is InChI=1S/C23H32N2O2/c1-2-27-22-12-8-11-20(23(22)26)17-24-16-18-13-14-25-21(15-18)19-9-6-4-3-5-7-10-19/h8,11-15,19,24,26H,2-7,9-10,16-17H2,1H3. The highest BCUT2D eigenvalue weighted by molar-refractivity contribution is 5.45. The number of aromatic nitrogens is 1. The molecule has 1 heterocycles. The molecule has 0 bridgehead atoms.